The van der Waals surface area contributed by atoms with Gasteiger partial charge >= 0.3 is 0 Å². The van der Waals surface area contributed by atoms with E-state index in [0.717, 1.165) is 17.8 Å². The maximum atomic E-state index is 13.1. The Morgan fingerprint density at radius 1 is 1.37 bits per heavy atom. The molecule has 2 heterocycles. The molecule has 0 spiro atoms. The molecule has 19 heavy (non-hydrogen) atoms. The summed E-state index contributed by atoms with van der Waals surface area (Å²) in [4.78, 5) is 19.1. The molecule has 98 valence electrons. The second-order valence-electron chi connectivity index (χ2n) is 4.40. The van der Waals surface area contributed by atoms with Gasteiger partial charge in [-0.05, 0) is 31.2 Å². The predicted octanol–water partition coefficient (Wildman–Crippen LogP) is 1.88. The highest BCUT2D eigenvalue weighted by molar-refractivity contribution is 6.31. The minimum atomic E-state index is -0.493. The van der Waals surface area contributed by atoms with Crippen LogP contribution >= 0.6 is 11.6 Å². The SMILES string of the molecule is O=c1[nH]c(-c2ccc(F)c(Cl)c2)nc2c1CCNC2. The molecule has 1 aromatic heterocycles. The molecule has 1 aromatic carbocycles. The van der Waals surface area contributed by atoms with Crippen molar-refractivity contribution in [2.75, 3.05) is 6.54 Å². The van der Waals surface area contributed by atoms with E-state index in [1.54, 1.807) is 6.07 Å². The molecule has 0 bridgehead atoms. The van der Waals surface area contributed by atoms with Crippen LogP contribution in [0.5, 0.6) is 0 Å². The Balaban J connectivity index is 2.12. The van der Waals surface area contributed by atoms with E-state index in [4.69, 9.17) is 11.6 Å². The van der Waals surface area contributed by atoms with Crippen LogP contribution in [0.2, 0.25) is 5.02 Å². The highest BCUT2D eigenvalue weighted by Gasteiger charge is 2.16. The van der Waals surface area contributed by atoms with Gasteiger partial charge in [0, 0.05) is 17.7 Å². The first-order valence-electron chi connectivity index (χ1n) is 5.93. The van der Waals surface area contributed by atoms with Crippen LogP contribution in [0.3, 0.4) is 0 Å². The number of fused-ring (bicyclic) bond motifs is 1. The van der Waals surface area contributed by atoms with Gasteiger partial charge in [0.1, 0.15) is 11.6 Å². The van der Waals surface area contributed by atoms with Crippen LogP contribution in [0.15, 0.2) is 23.0 Å². The summed E-state index contributed by atoms with van der Waals surface area (Å²) in [6.07, 6.45) is 0.669. The fourth-order valence-electron chi connectivity index (χ4n) is 2.15. The zero-order valence-corrected chi connectivity index (χ0v) is 10.7. The molecule has 2 aromatic rings. The second kappa shape index (κ2) is 4.75. The smallest absolute Gasteiger partial charge is 0.254 e. The third-order valence-electron chi connectivity index (χ3n) is 3.14. The molecule has 3 rings (SSSR count). The van der Waals surface area contributed by atoms with Crippen molar-refractivity contribution in [3.63, 3.8) is 0 Å². The monoisotopic (exact) mass is 279 g/mol. The van der Waals surface area contributed by atoms with E-state index in [2.05, 4.69) is 15.3 Å². The number of H-pyrrole nitrogens is 1. The number of aromatic amines is 1. The Morgan fingerprint density at radius 2 is 2.21 bits per heavy atom. The quantitative estimate of drug-likeness (QED) is 0.838. The molecule has 0 atom stereocenters. The number of halogens is 2. The van der Waals surface area contributed by atoms with E-state index in [-0.39, 0.29) is 10.6 Å². The van der Waals surface area contributed by atoms with Crippen molar-refractivity contribution in [3.05, 3.63) is 50.7 Å². The van der Waals surface area contributed by atoms with Crippen molar-refractivity contribution in [1.29, 1.82) is 0 Å². The molecule has 0 fully saturated rings. The molecule has 0 saturated carbocycles. The molecule has 0 amide bonds. The van der Waals surface area contributed by atoms with Crippen molar-refractivity contribution in [3.8, 4) is 11.4 Å². The summed E-state index contributed by atoms with van der Waals surface area (Å²) < 4.78 is 13.1. The minimum Gasteiger partial charge on any atom is -0.311 e. The van der Waals surface area contributed by atoms with E-state index in [1.807, 2.05) is 0 Å². The number of aromatic nitrogens is 2. The number of nitrogens with zero attached hydrogens (tertiary/aromatic N) is 1. The number of benzene rings is 1. The standard InChI is InChI=1S/C13H11ClFN3O/c14-9-5-7(1-2-10(9)15)12-17-11-6-16-4-3-8(11)13(19)18-12/h1-2,5,16H,3-4,6H2,(H,17,18,19). The lowest BCUT2D eigenvalue weighted by Crippen LogP contribution is -2.31. The number of hydrogen-bond donors (Lipinski definition) is 2. The van der Waals surface area contributed by atoms with Gasteiger partial charge < -0.3 is 10.3 Å². The molecular formula is C13H11ClFN3O. The van der Waals surface area contributed by atoms with Crippen molar-refractivity contribution >= 4 is 11.6 Å². The first kappa shape index (κ1) is 12.3. The van der Waals surface area contributed by atoms with Gasteiger partial charge in [-0.3, -0.25) is 4.79 Å². The first-order chi connectivity index (χ1) is 9.15. The summed E-state index contributed by atoms with van der Waals surface area (Å²) >= 11 is 5.74. The lowest BCUT2D eigenvalue weighted by Gasteiger charge is -2.16. The highest BCUT2D eigenvalue weighted by atomic mass is 35.5. The fraction of sp³-hybridized carbons (Fsp3) is 0.231. The van der Waals surface area contributed by atoms with Crippen LogP contribution in [-0.2, 0) is 13.0 Å². The van der Waals surface area contributed by atoms with Gasteiger partial charge in [0.25, 0.3) is 5.56 Å². The molecule has 1 aliphatic rings. The summed E-state index contributed by atoms with van der Waals surface area (Å²) in [5.41, 5.74) is 1.92. The third-order valence-corrected chi connectivity index (χ3v) is 3.43. The maximum Gasteiger partial charge on any atom is 0.254 e. The topological polar surface area (TPSA) is 57.8 Å². The summed E-state index contributed by atoms with van der Waals surface area (Å²) in [7, 11) is 0. The lowest BCUT2D eigenvalue weighted by molar-refractivity contribution is 0.619. The van der Waals surface area contributed by atoms with E-state index in [9.17, 15) is 9.18 Å². The second-order valence-corrected chi connectivity index (χ2v) is 4.80. The Hall–Kier alpha value is -1.72. The van der Waals surface area contributed by atoms with Gasteiger partial charge in [-0.1, -0.05) is 11.6 Å². The van der Waals surface area contributed by atoms with Crippen molar-refractivity contribution in [2.24, 2.45) is 0 Å². The predicted molar refractivity (Wildman–Crippen MR) is 70.7 cm³/mol. The van der Waals surface area contributed by atoms with Gasteiger partial charge in [-0.25, -0.2) is 9.37 Å². The molecule has 0 radical (unpaired) electrons. The molecule has 4 nitrogen and oxygen atoms in total. The highest BCUT2D eigenvalue weighted by Crippen LogP contribution is 2.22. The van der Waals surface area contributed by atoms with Gasteiger partial charge in [0.05, 0.1) is 10.7 Å². The van der Waals surface area contributed by atoms with Crippen LogP contribution in [-0.4, -0.2) is 16.5 Å². The van der Waals surface area contributed by atoms with Crippen molar-refractivity contribution in [2.45, 2.75) is 13.0 Å². The van der Waals surface area contributed by atoms with Crippen LogP contribution in [0.4, 0.5) is 4.39 Å². The zero-order chi connectivity index (χ0) is 13.4. The van der Waals surface area contributed by atoms with E-state index in [1.165, 1.54) is 12.1 Å². The first-order valence-corrected chi connectivity index (χ1v) is 6.31. The molecule has 6 heteroatoms. The third kappa shape index (κ3) is 2.27. The number of rotatable bonds is 1. The number of nitrogens with one attached hydrogen (secondary N) is 2. The van der Waals surface area contributed by atoms with Gasteiger partial charge in [-0.2, -0.15) is 0 Å². The maximum absolute atomic E-state index is 13.1. The molecule has 0 unspecified atom stereocenters. The van der Waals surface area contributed by atoms with Crippen molar-refractivity contribution in [1.82, 2.24) is 15.3 Å². The average Bonchev–Trinajstić information content (AvgIpc) is 2.42. The Bertz CT molecular complexity index is 699. The van der Waals surface area contributed by atoms with Gasteiger partial charge in [0.2, 0.25) is 0 Å². The normalized spacial score (nSPS) is 14.2. The molecule has 1 aliphatic heterocycles. The number of hydrogen-bond acceptors (Lipinski definition) is 3. The van der Waals surface area contributed by atoms with E-state index < -0.39 is 5.82 Å². The van der Waals surface area contributed by atoms with Crippen LogP contribution in [0.1, 0.15) is 11.3 Å². The fourth-order valence-corrected chi connectivity index (χ4v) is 2.33. The zero-order valence-electron chi connectivity index (χ0n) is 9.96. The van der Waals surface area contributed by atoms with Crippen LogP contribution in [0, 0.1) is 5.82 Å². The largest absolute Gasteiger partial charge is 0.311 e. The van der Waals surface area contributed by atoms with Gasteiger partial charge in [-0.15, -0.1) is 0 Å². The van der Waals surface area contributed by atoms with Crippen molar-refractivity contribution < 1.29 is 4.39 Å². The van der Waals surface area contributed by atoms with Gasteiger partial charge in [0.15, 0.2) is 0 Å². The average molecular weight is 280 g/mol. The molecule has 2 N–H and O–H groups in total. The molecule has 0 saturated heterocycles. The van der Waals surface area contributed by atoms with E-state index >= 15 is 0 Å². The summed E-state index contributed by atoms with van der Waals surface area (Å²) in [5.74, 6) is -0.0817. The van der Waals surface area contributed by atoms with Crippen LogP contribution < -0.4 is 10.9 Å². The Labute approximate surface area is 113 Å². The Morgan fingerprint density at radius 3 is 3.00 bits per heavy atom. The summed E-state index contributed by atoms with van der Waals surface area (Å²) in [6.45, 7) is 1.35. The lowest BCUT2D eigenvalue weighted by atomic mass is 10.1. The minimum absolute atomic E-state index is 0.0102. The van der Waals surface area contributed by atoms with E-state index in [0.29, 0.717) is 24.4 Å². The Kier molecular flexibility index (Phi) is 3.08. The summed E-state index contributed by atoms with van der Waals surface area (Å²) in [6, 6.07) is 4.26. The molecule has 0 aliphatic carbocycles. The summed E-state index contributed by atoms with van der Waals surface area (Å²) in [5, 5.41) is 3.18. The molecular weight excluding hydrogens is 269 g/mol. The van der Waals surface area contributed by atoms with Crippen LogP contribution in [0.25, 0.3) is 11.4 Å².